The van der Waals surface area contributed by atoms with Crippen LogP contribution in [0, 0.1) is 0 Å². The maximum Gasteiger partial charge on any atom is 0.0746 e. The highest BCUT2D eigenvalue weighted by Gasteiger charge is 1.97. The Kier molecular flexibility index (Phi) is 7.96. The van der Waals surface area contributed by atoms with Gasteiger partial charge in [-0.1, -0.05) is 6.92 Å². The summed E-state index contributed by atoms with van der Waals surface area (Å²) in [5.74, 6) is 0. The SMILES string of the molecule is CCP(C)OCCOP(C)C. The maximum absolute atomic E-state index is 5.49. The first-order valence-corrected chi connectivity index (χ1v) is 7.85. The van der Waals surface area contributed by atoms with Gasteiger partial charge in [-0.05, 0) is 26.2 Å². The Labute approximate surface area is 72.3 Å². The second kappa shape index (κ2) is 7.43. The van der Waals surface area contributed by atoms with E-state index in [1.165, 1.54) is 0 Å². The third-order valence-electron chi connectivity index (χ3n) is 1.19. The Bertz CT molecular complexity index is 88.5. The van der Waals surface area contributed by atoms with Crippen molar-refractivity contribution < 1.29 is 9.05 Å². The second-order valence-corrected chi connectivity index (χ2v) is 6.45. The molecule has 0 radical (unpaired) electrons. The summed E-state index contributed by atoms with van der Waals surface area (Å²) >= 11 is 0. The topological polar surface area (TPSA) is 18.5 Å². The van der Waals surface area contributed by atoms with Gasteiger partial charge in [-0.25, -0.2) is 0 Å². The van der Waals surface area contributed by atoms with Crippen molar-refractivity contribution in [1.82, 2.24) is 0 Å². The second-order valence-electron chi connectivity index (χ2n) is 2.42. The van der Waals surface area contributed by atoms with Crippen LogP contribution in [0.2, 0.25) is 0 Å². The lowest BCUT2D eigenvalue weighted by molar-refractivity contribution is 0.249. The summed E-state index contributed by atoms with van der Waals surface area (Å²) in [6, 6.07) is 0. The monoisotopic (exact) mass is 196 g/mol. The zero-order valence-electron chi connectivity index (χ0n) is 7.83. The van der Waals surface area contributed by atoms with Crippen LogP contribution in [-0.2, 0) is 9.05 Å². The van der Waals surface area contributed by atoms with Crippen LogP contribution in [0.3, 0.4) is 0 Å². The third-order valence-corrected chi connectivity index (χ3v) is 3.40. The van der Waals surface area contributed by atoms with Gasteiger partial charge in [0.15, 0.2) is 0 Å². The minimum atomic E-state index is -0.208. The molecule has 0 rings (SSSR count). The molecule has 0 saturated carbocycles. The average molecular weight is 196 g/mol. The van der Waals surface area contributed by atoms with E-state index in [1.807, 2.05) is 0 Å². The van der Waals surface area contributed by atoms with E-state index in [1.54, 1.807) is 0 Å². The zero-order valence-corrected chi connectivity index (χ0v) is 9.62. The molecule has 0 aliphatic heterocycles. The van der Waals surface area contributed by atoms with Crippen LogP contribution in [0.1, 0.15) is 6.92 Å². The Morgan fingerprint density at radius 3 is 2.00 bits per heavy atom. The predicted octanol–water partition coefficient (Wildman–Crippen LogP) is 2.72. The van der Waals surface area contributed by atoms with Gasteiger partial charge >= 0.3 is 0 Å². The van der Waals surface area contributed by atoms with Crippen molar-refractivity contribution in [1.29, 1.82) is 0 Å². The van der Waals surface area contributed by atoms with E-state index in [2.05, 4.69) is 26.9 Å². The van der Waals surface area contributed by atoms with E-state index < -0.39 is 0 Å². The van der Waals surface area contributed by atoms with Gasteiger partial charge in [-0.2, -0.15) is 0 Å². The van der Waals surface area contributed by atoms with Crippen LogP contribution >= 0.6 is 16.3 Å². The summed E-state index contributed by atoms with van der Waals surface area (Å²) in [5, 5.41) is 0. The summed E-state index contributed by atoms with van der Waals surface area (Å²) in [6.45, 7) is 10.0. The molecular weight excluding hydrogens is 178 g/mol. The minimum absolute atomic E-state index is 0.182. The molecule has 0 heterocycles. The van der Waals surface area contributed by atoms with Gasteiger partial charge in [-0.15, -0.1) is 0 Å². The predicted molar refractivity (Wildman–Crippen MR) is 54.1 cm³/mol. The Hall–Kier alpha value is 0.780. The number of rotatable bonds is 6. The average Bonchev–Trinajstić information content (AvgIpc) is 1.97. The van der Waals surface area contributed by atoms with E-state index in [-0.39, 0.29) is 16.3 Å². The van der Waals surface area contributed by atoms with E-state index in [0.717, 1.165) is 19.4 Å². The molecular formula is C7H18O2P2. The van der Waals surface area contributed by atoms with Gasteiger partial charge in [0.05, 0.1) is 13.2 Å². The molecule has 0 aromatic carbocycles. The molecule has 11 heavy (non-hydrogen) atoms. The van der Waals surface area contributed by atoms with Crippen molar-refractivity contribution in [3.63, 3.8) is 0 Å². The molecule has 0 bridgehead atoms. The van der Waals surface area contributed by atoms with Gasteiger partial charge < -0.3 is 9.05 Å². The summed E-state index contributed by atoms with van der Waals surface area (Å²) < 4.78 is 10.9. The summed E-state index contributed by atoms with van der Waals surface area (Å²) in [7, 11) is -0.390. The molecule has 0 aromatic rings. The Morgan fingerprint density at radius 1 is 1.00 bits per heavy atom. The molecule has 0 fully saturated rings. The van der Waals surface area contributed by atoms with Crippen LogP contribution in [0.15, 0.2) is 0 Å². The lowest BCUT2D eigenvalue weighted by Gasteiger charge is -2.11. The molecule has 0 aliphatic carbocycles. The molecule has 0 amide bonds. The summed E-state index contributed by atoms with van der Waals surface area (Å²) in [4.78, 5) is 0. The number of hydrogen-bond donors (Lipinski definition) is 0. The van der Waals surface area contributed by atoms with Crippen LogP contribution in [0.25, 0.3) is 0 Å². The highest BCUT2D eigenvalue weighted by Crippen LogP contribution is 2.31. The Balaban J connectivity index is 3.01. The largest absolute Gasteiger partial charge is 0.357 e. The molecule has 68 valence electrons. The van der Waals surface area contributed by atoms with Crippen LogP contribution in [0.5, 0.6) is 0 Å². The summed E-state index contributed by atoms with van der Waals surface area (Å²) in [6.07, 6.45) is 1.14. The van der Waals surface area contributed by atoms with Crippen molar-refractivity contribution >= 4 is 16.3 Å². The van der Waals surface area contributed by atoms with Gasteiger partial charge in [0, 0.05) is 16.3 Å². The van der Waals surface area contributed by atoms with Crippen molar-refractivity contribution in [3.05, 3.63) is 0 Å². The first kappa shape index (κ1) is 11.8. The molecule has 0 aromatic heterocycles. The van der Waals surface area contributed by atoms with Gasteiger partial charge in [0.1, 0.15) is 0 Å². The zero-order chi connectivity index (χ0) is 8.69. The first-order chi connectivity index (χ1) is 5.16. The summed E-state index contributed by atoms with van der Waals surface area (Å²) in [5.41, 5.74) is 0. The van der Waals surface area contributed by atoms with Crippen molar-refractivity contribution in [2.24, 2.45) is 0 Å². The fourth-order valence-corrected chi connectivity index (χ4v) is 1.51. The smallest absolute Gasteiger partial charge is 0.0746 e. The highest BCUT2D eigenvalue weighted by atomic mass is 31.1. The lowest BCUT2D eigenvalue weighted by atomic mass is 10.8. The molecule has 1 atom stereocenters. The lowest BCUT2D eigenvalue weighted by Crippen LogP contribution is -1.98. The third kappa shape index (κ3) is 8.69. The van der Waals surface area contributed by atoms with Crippen molar-refractivity contribution in [2.75, 3.05) is 39.4 Å². The highest BCUT2D eigenvalue weighted by molar-refractivity contribution is 7.51. The fourth-order valence-electron chi connectivity index (χ4n) is 0.504. The molecule has 0 aliphatic rings. The molecule has 0 spiro atoms. The van der Waals surface area contributed by atoms with Crippen molar-refractivity contribution in [3.8, 4) is 0 Å². The standard InChI is InChI=1S/C7H18O2P2/c1-5-11(4)9-7-6-8-10(2)3/h5-7H2,1-4H3. The van der Waals surface area contributed by atoms with E-state index in [0.29, 0.717) is 0 Å². The van der Waals surface area contributed by atoms with E-state index in [4.69, 9.17) is 9.05 Å². The molecule has 1 unspecified atom stereocenters. The van der Waals surface area contributed by atoms with Gasteiger partial charge in [0.25, 0.3) is 0 Å². The Morgan fingerprint density at radius 2 is 1.55 bits per heavy atom. The molecule has 2 nitrogen and oxygen atoms in total. The van der Waals surface area contributed by atoms with Crippen LogP contribution in [0.4, 0.5) is 0 Å². The van der Waals surface area contributed by atoms with Gasteiger partial charge in [0.2, 0.25) is 0 Å². The number of hydrogen-bond acceptors (Lipinski definition) is 2. The van der Waals surface area contributed by atoms with Crippen LogP contribution < -0.4 is 0 Å². The van der Waals surface area contributed by atoms with Gasteiger partial charge in [-0.3, -0.25) is 0 Å². The molecule has 0 N–H and O–H groups in total. The fraction of sp³-hybridized carbons (Fsp3) is 1.00. The van der Waals surface area contributed by atoms with Crippen LogP contribution in [-0.4, -0.2) is 39.4 Å². The van der Waals surface area contributed by atoms with E-state index >= 15 is 0 Å². The van der Waals surface area contributed by atoms with Crippen molar-refractivity contribution in [2.45, 2.75) is 6.92 Å². The normalized spacial score (nSPS) is 13.9. The minimum Gasteiger partial charge on any atom is -0.357 e. The quantitative estimate of drug-likeness (QED) is 0.480. The molecule has 0 saturated heterocycles. The first-order valence-electron chi connectivity index (χ1n) is 3.81. The molecule has 4 heteroatoms. The van der Waals surface area contributed by atoms with E-state index in [9.17, 15) is 0 Å². The maximum atomic E-state index is 5.49.